The normalized spacial score (nSPS) is 12.8. The van der Waals surface area contributed by atoms with E-state index in [1.807, 2.05) is 0 Å². The van der Waals surface area contributed by atoms with Crippen molar-refractivity contribution < 1.29 is 4.74 Å². The summed E-state index contributed by atoms with van der Waals surface area (Å²) in [5, 5.41) is 0. The van der Waals surface area contributed by atoms with Gasteiger partial charge >= 0.3 is 0 Å². The Morgan fingerprint density at radius 2 is 1.94 bits per heavy atom. The van der Waals surface area contributed by atoms with Gasteiger partial charge in [-0.1, -0.05) is 6.07 Å². The standard InChI is InChI=1S/C15H26N2O/c1-11-9-15(18-5)12(2)8-14(11)6-7-17(4)13(3)10-16/h8-9,13H,6-7,10,16H2,1-5H3. The number of nitrogens with two attached hydrogens (primary N) is 1. The summed E-state index contributed by atoms with van der Waals surface area (Å²) >= 11 is 0. The predicted octanol–water partition coefficient (Wildman–Crippen LogP) is 2.13. The molecule has 0 fully saturated rings. The molecule has 0 spiro atoms. The maximum absolute atomic E-state index is 5.68. The largest absolute Gasteiger partial charge is 0.496 e. The van der Waals surface area contributed by atoms with Crippen LogP contribution in [-0.2, 0) is 6.42 Å². The van der Waals surface area contributed by atoms with Crippen LogP contribution in [0.5, 0.6) is 5.75 Å². The molecule has 0 bridgehead atoms. The monoisotopic (exact) mass is 250 g/mol. The van der Waals surface area contributed by atoms with Gasteiger partial charge in [-0.15, -0.1) is 0 Å². The lowest BCUT2D eigenvalue weighted by atomic mass is 10.0. The van der Waals surface area contributed by atoms with Crippen LogP contribution in [0.1, 0.15) is 23.6 Å². The third-order valence-electron chi connectivity index (χ3n) is 3.68. The average molecular weight is 250 g/mol. The van der Waals surface area contributed by atoms with Crippen molar-refractivity contribution in [2.45, 2.75) is 33.2 Å². The maximum atomic E-state index is 5.68. The van der Waals surface area contributed by atoms with Crippen LogP contribution in [-0.4, -0.2) is 38.2 Å². The van der Waals surface area contributed by atoms with Crippen LogP contribution in [0, 0.1) is 13.8 Å². The Morgan fingerprint density at radius 1 is 1.28 bits per heavy atom. The van der Waals surface area contributed by atoms with Crippen LogP contribution < -0.4 is 10.5 Å². The molecule has 1 unspecified atom stereocenters. The first-order valence-electron chi connectivity index (χ1n) is 6.54. The zero-order chi connectivity index (χ0) is 13.7. The van der Waals surface area contributed by atoms with Gasteiger partial charge in [-0.05, 0) is 57.0 Å². The van der Waals surface area contributed by atoms with E-state index in [9.17, 15) is 0 Å². The number of hydrogen-bond acceptors (Lipinski definition) is 3. The van der Waals surface area contributed by atoms with Gasteiger partial charge in [-0.2, -0.15) is 0 Å². The molecule has 3 heteroatoms. The molecule has 0 aliphatic carbocycles. The third kappa shape index (κ3) is 3.72. The van der Waals surface area contributed by atoms with Gasteiger partial charge in [-0.25, -0.2) is 0 Å². The molecule has 0 heterocycles. The van der Waals surface area contributed by atoms with E-state index in [0.29, 0.717) is 12.6 Å². The first kappa shape index (κ1) is 15.0. The average Bonchev–Trinajstić information content (AvgIpc) is 2.37. The van der Waals surface area contributed by atoms with Gasteiger partial charge in [0.25, 0.3) is 0 Å². The Bertz CT molecular complexity index is 390. The minimum Gasteiger partial charge on any atom is -0.496 e. The van der Waals surface area contributed by atoms with Crippen LogP contribution >= 0.6 is 0 Å². The lowest BCUT2D eigenvalue weighted by Gasteiger charge is -2.23. The molecule has 1 rings (SSSR count). The van der Waals surface area contributed by atoms with E-state index < -0.39 is 0 Å². The number of ether oxygens (including phenoxy) is 1. The van der Waals surface area contributed by atoms with E-state index in [1.54, 1.807) is 7.11 Å². The fourth-order valence-corrected chi connectivity index (χ4v) is 2.04. The molecule has 0 aromatic heterocycles. The summed E-state index contributed by atoms with van der Waals surface area (Å²) in [6.07, 6.45) is 1.05. The number of hydrogen-bond donors (Lipinski definition) is 1. The quantitative estimate of drug-likeness (QED) is 0.840. The summed E-state index contributed by atoms with van der Waals surface area (Å²) in [6.45, 7) is 8.13. The van der Waals surface area contributed by atoms with Gasteiger partial charge in [-0.3, -0.25) is 0 Å². The third-order valence-corrected chi connectivity index (χ3v) is 3.68. The van der Waals surface area contributed by atoms with E-state index in [4.69, 9.17) is 10.5 Å². The second-order valence-corrected chi connectivity index (χ2v) is 5.06. The second kappa shape index (κ2) is 6.76. The van der Waals surface area contributed by atoms with Gasteiger partial charge in [0.2, 0.25) is 0 Å². The highest BCUT2D eigenvalue weighted by Gasteiger charge is 2.09. The predicted molar refractivity (Wildman–Crippen MR) is 77.3 cm³/mol. The lowest BCUT2D eigenvalue weighted by Crippen LogP contribution is -2.36. The molecule has 1 atom stereocenters. The van der Waals surface area contributed by atoms with Crippen molar-refractivity contribution in [2.75, 3.05) is 27.2 Å². The lowest BCUT2D eigenvalue weighted by molar-refractivity contribution is 0.266. The SMILES string of the molecule is COc1cc(C)c(CCN(C)C(C)CN)cc1C. The van der Waals surface area contributed by atoms with Crippen LogP contribution in [0.3, 0.4) is 0 Å². The van der Waals surface area contributed by atoms with Gasteiger partial charge in [0.05, 0.1) is 7.11 Å². The Morgan fingerprint density at radius 3 is 2.50 bits per heavy atom. The Hall–Kier alpha value is -1.06. The molecule has 0 aliphatic heterocycles. The molecular formula is C15H26N2O. The summed E-state index contributed by atoms with van der Waals surface area (Å²) < 4.78 is 5.34. The Labute approximate surface area is 111 Å². The summed E-state index contributed by atoms with van der Waals surface area (Å²) in [5.74, 6) is 0.972. The van der Waals surface area contributed by atoms with Crippen LogP contribution in [0.15, 0.2) is 12.1 Å². The van der Waals surface area contributed by atoms with Crippen LogP contribution in [0.4, 0.5) is 0 Å². The molecule has 2 N–H and O–H groups in total. The van der Waals surface area contributed by atoms with E-state index >= 15 is 0 Å². The van der Waals surface area contributed by atoms with Crippen molar-refractivity contribution in [3.63, 3.8) is 0 Å². The summed E-state index contributed by atoms with van der Waals surface area (Å²) in [4.78, 5) is 2.30. The van der Waals surface area contributed by atoms with E-state index in [0.717, 1.165) is 18.7 Å². The van der Waals surface area contributed by atoms with Crippen molar-refractivity contribution in [3.05, 3.63) is 28.8 Å². The number of likely N-dealkylation sites (N-methyl/N-ethyl adjacent to an activating group) is 1. The smallest absolute Gasteiger partial charge is 0.122 e. The molecule has 0 saturated heterocycles. The second-order valence-electron chi connectivity index (χ2n) is 5.06. The zero-order valence-electron chi connectivity index (χ0n) is 12.3. The van der Waals surface area contributed by atoms with Crippen LogP contribution in [0.2, 0.25) is 0 Å². The van der Waals surface area contributed by atoms with Crippen molar-refractivity contribution in [1.29, 1.82) is 0 Å². The molecule has 0 aliphatic rings. The van der Waals surface area contributed by atoms with E-state index in [2.05, 4.69) is 44.9 Å². The van der Waals surface area contributed by atoms with Crippen molar-refractivity contribution in [2.24, 2.45) is 5.73 Å². The highest BCUT2D eigenvalue weighted by Crippen LogP contribution is 2.22. The van der Waals surface area contributed by atoms with Crippen LogP contribution in [0.25, 0.3) is 0 Å². The zero-order valence-corrected chi connectivity index (χ0v) is 12.3. The molecule has 0 amide bonds. The number of aryl methyl sites for hydroxylation is 2. The number of rotatable bonds is 6. The molecule has 0 saturated carbocycles. The maximum Gasteiger partial charge on any atom is 0.122 e. The van der Waals surface area contributed by atoms with Crippen molar-refractivity contribution in [1.82, 2.24) is 4.90 Å². The highest BCUT2D eigenvalue weighted by atomic mass is 16.5. The number of nitrogens with zero attached hydrogens (tertiary/aromatic N) is 1. The molecule has 1 aromatic carbocycles. The molecular weight excluding hydrogens is 224 g/mol. The Balaban J connectivity index is 2.71. The van der Waals surface area contributed by atoms with Crippen molar-refractivity contribution in [3.8, 4) is 5.75 Å². The Kier molecular flexibility index (Phi) is 5.63. The first-order chi connectivity index (χ1) is 8.49. The summed E-state index contributed by atoms with van der Waals surface area (Å²) in [5.41, 5.74) is 9.57. The molecule has 18 heavy (non-hydrogen) atoms. The molecule has 0 radical (unpaired) electrons. The van der Waals surface area contributed by atoms with Gasteiger partial charge in [0, 0.05) is 19.1 Å². The topological polar surface area (TPSA) is 38.5 Å². The van der Waals surface area contributed by atoms with E-state index in [1.165, 1.54) is 16.7 Å². The molecule has 1 aromatic rings. The number of methoxy groups -OCH3 is 1. The van der Waals surface area contributed by atoms with Crippen molar-refractivity contribution >= 4 is 0 Å². The summed E-state index contributed by atoms with van der Waals surface area (Å²) in [7, 11) is 3.85. The molecule has 102 valence electrons. The number of benzene rings is 1. The van der Waals surface area contributed by atoms with Gasteiger partial charge in [0.15, 0.2) is 0 Å². The minimum absolute atomic E-state index is 0.435. The van der Waals surface area contributed by atoms with Gasteiger partial charge in [0.1, 0.15) is 5.75 Å². The first-order valence-corrected chi connectivity index (χ1v) is 6.54. The fraction of sp³-hybridized carbons (Fsp3) is 0.600. The van der Waals surface area contributed by atoms with Gasteiger partial charge < -0.3 is 15.4 Å². The minimum atomic E-state index is 0.435. The fourth-order valence-electron chi connectivity index (χ4n) is 2.04. The molecule has 3 nitrogen and oxygen atoms in total. The highest BCUT2D eigenvalue weighted by molar-refractivity contribution is 5.41. The summed E-state index contributed by atoms with van der Waals surface area (Å²) in [6, 6.07) is 4.79. The van der Waals surface area contributed by atoms with E-state index in [-0.39, 0.29) is 0 Å².